The van der Waals surface area contributed by atoms with E-state index in [9.17, 15) is 9.59 Å². The van der Waals surface area contributed by atoms with E-state index in [0.717, 1.165) is 19.3 Å². The summed E-state index contributed by atoms with van der Waals surface area (Å²) >= 11 is 0. The molecule has 0 unspecified atom stereocenters. The van der Waals surface area contributed by atoms with Gasteiger partial charge in [0.15, 0.2) is 5.69 Å². The van der Waals surface area contributed by atoms with Gasteiger partial charge in [0.2, 0.25) is 0 Å². The van der Waals surface area contributed by atoms with Crippen LogP contribution in [0.4, 0.5) is 5.69 Å². The maximum atomic E-state index is 13.0. The molecule has 5 nitrogen and oxygen atoms in total. The molecule has 0 spiro atoms. The van der Waals surface area contributed by atoms with Gasteiger partial charge in [-0.25, -0.2) is 4.68 Å². The van der Waals surface area contributed by atoms with Crippen molar-refractivity contribution in [2.75, 3.05) is 5.32 Å². The Hall–Kier alpha value is -2.95. The average Bonchev–Trinajstić information content (AvgIpc) is 2.69. The van der Waals surface area contributed by atoms with E-state index in [1.165, 1.54) is 10.2 Å². The summed E-state index contributed by atoms with van der Waals surface area (Å²) in [6.45, 7) is 9.08. The van der Waals surface area contributed by atoms with Gasteiger partial charge >= 0.3 is 0 Å². The van der Waals surface area contributed by atoms with Crippen molar-refractivity contribution in [3.05, 3.63) is 70.1 Å². The van der Waals surface area contributed by atoms with Crippen molar-refractivity contribution < 1.29 is 4.79 Å². The maximum Gasteiger partial charge on any atom is 0.276 e. The Balaban J connectivity index is 1.94. The van der Waals surface area contributed by atoms with Crippen LogP contribution in [0.5, 0.6) is 0 Å². The van der Waals surface area contributed by atoms with Crippen molar-refractivity contribution in [1.29, 1.82) is 0 Å². The average molecular weight is 392 g/mol. The molecule has 3 rings (SSSR count). The number of hydrogen-bond donors (Lipinski definition) is 1. The third kappa shape index (κ3) is 4.73. The minimum absolute atomic E-state index is 0.0499. The van der Waals surface area contributed by atoms with Crippen LogP contribution in [0.25, 0.3) is 10.8 Å². The molecule has 1 heterocycles. The molecule has 1 amide bonds. The Labute approximate surface area is 171 Å². The van der Waals surface area contributed by atoms with E-state index >= 15 is 0 Å². The van der Waals surface area contributed by atoms with E-state index in [1.54, 1.807) is 12.1 Å². The number of fused-ring (bicyclic) bond motifs is 1. The number of aryl methyl sites for hydroxylation is 1. The van der Waals surface area contributed by atoms with E-state index in [-0.39, 0.29) is 22.6 Å². The first-order valence-corrected chi connectivity index (χ1v) is 10.2. The van der Waals surface area contributed by atoms with Crippen LogP contribution in [0, 0.1) is 0 Å². The van der Waals surface area contributed by atoms with Gasteiger partial charge in [0, 0.05) is 17.6 Å². The summed E-state index contributed by atoms with van der Waals surface area (Å²) in [6, 6.07) is 15.0. The largest absolute Gasteiger partial charge is 0.321 e. The zero-order valence-electron chi connectivity index (χ0n) is 17.7. The Bertz CT molecular complexity index is 1060. The highest BCUT2D eigenvalue weighted by Crippen LogP contribution is 2.24. The zero-order chi connectivity index (χ0) is 21.0. The number of anilines is 1. The molecule has 2 aromatic carbocycles. The molecule has 0 atom stereocenters. The number of benzene rings is 2. The number of rotatable bonds is 6. The number of aromatic nitrogens is 2. The van der Waals surface area contributed by atoms with E-state index in [4.69, 9.17) is 0 Å². The topological polar surface area (TPSA) is 64.0 Å². The van der Waals surface area contributed by atoms with Crippen LogP contribution in [0.2, 0.25) is 0 Å². The second-order valence-corrected chi connectivity index (χ2v) is 8.41. The zero-order valence-corrected chi connectivity index (χ0v) is 17.7. The van der Waals surface area contributed by atoms with Crippen LogP contribution in [0.15, 0.2) is 53.3 Å². The van der Waals surface area contributed by atoms with Gasteiger partial charge in [-0.15, -0.1) is 0 Å². The quantitative estimate of drug-likeness (QED) is 0.592. The van der Waals surface area contributed by atoms with Gasteiger partial charge in [0.05, 0.1) is 5.39 Å². The number of unbranched alkanes of at least 4 members (excludes halogenated alkanes) is 2. The third-order valence-electron chi connectivity index (χ3n) is 5.07. The van der Waals surface area contributed by atoms with Crippen LogP contribution in [-0.4, -0.2) is 15.7 Å². The third-order valence-corrected chi connectivity index (χ3v) is 5.07. The van der Waals surface area contributed by atoms with Gasteiger partial charge in [-0.2, -0.15) is 5.10 Å². The predicted octanol–water partition coefficient (Wildman–Crippen LogP) is 5.14. The molecular formula is C24H29N3O2. The van der Waals surface area contributed by atoms with Crippen molar-refractivity contribution in [3.8, 4) is 0 Å². The highest BCUT2D eigenvalue weighted by Gasteiger charge is 2.18. The van der Waals surface area contributed by atoms with Crippen LogP contribution in [0.3, 0.4) is 0 Å². The van der Waals surface area contributed by atoms with Crippen molar-refractivity contribution >= 4 is 22.4 Å². The minimum atomic E-state index is -0.311. The van der Waals surface area contributed by atoms with E-state index in [2.05, 4.69) is 38.1 Å². The molecule has 0 radical (unpaired) electrons. The summed E-state index contributed by atoms with van der Waals surface area (Å²) in [5, 5.41) is 8.44. The Morgan fingerprint density at radius 1 is 1.00 bits per heavy atom. The standard InChI is InChI=1S/C24H29N3O2/c1-5-6-9-16-27-23(29)20-11-8-7-10-19(20)21(26-27)22(28)25-18-14-12-17(13-15-18)24(2,3)4/h7-8,10-15H,5-6,9,16H2,1-4H3,(H,25,28). The lowest BCUT2D eigenvalue weighted by Gasteiger charge is -2.19. The Kier molecular flexibility index (Phi) is 6.16. The van der Waals surface area contributed by atoms with Crippen molar-refractivity contribution in [2.45, 2.75) is 58.9 Å². The second-order valence-electron chi connectivity index (χ2n) is 8.41. The van der Waals surface area contributed by atoms with Crippen LogP contribution in [0.1, 0.15) is 63.0 Å². The molecule has 0 aliphatic heterocycles. The molecular weight excluding hydrogens is 362 g/mol. The molecule has 0 aliphatic carbocycles. The summed E-state index contributed by atoms with van der Waals surface area (Å²) in [6.07, 6.45) is 2.93. The first-order chi connectivity index (χ1) is 13.8. The van der Waals surface area contributed by atoms with E-state index < -0.39 is 0 Å². The number of carbonyl (C=O) groups is 1. The van der Waals surface area contributed by atoms with Crippen LogP contribution < -0.4 is 10.9 Å². The molecule has 0 saturated carbocycles. The van der Waals surface area contributed by atoms with Gasteiger partial charge in [-0.05, 0) is 35.6 Å². The highest BCUT2D eigenvalue weighted by molar-refractivity contribution is 6.11. The molecule has 1 aromatic heterocycles. The summed E-state index contributed by atoms with van der Waals surface area (Å²) in [4.78, 5) is 25.8. The first-order valence-electron chi connectivity index (χ1n) is 10.2. The van der Waals surface area contributed by atoms with Gasteiger partial charge in [0.25, 0.3) is 11.5 Å². The van der Waals surface area contributed by atoms with Crippen LogP contribution >= 0.6 is 0 Å². The number of nitrogens with one attached hydrogen (secondary N) is 1. The SMILES string of the molecule is CCCCCn1nc(C(=O)Nc2ccc(C(C)(C)C)cc2)c2ccccc2c1=O. The Morgan fingerprint density at radius 3 is 2.28 bits per heavy atom. The number of amides is 1. The molecule has 3 aromatic rings. The monoisotopic (exact) mass is 391 g/mol. The number of nitrogens with zero attached hydrogens (tertiary/aromatic N) is 2. The smallest absolute Gasteiger partial charge is 0.276 e. The molecule has 0 fully saturated rings. The van der Waals surface area contributed by atoms with Gasteiger partial charge < -0.3 is 5.32 Å². The number of hydrogen-bond acceptors (Lipinski definition) is 3. The van der Waals surface area contributed by atoms with Crippen molar-refractivity contribution in [3.63, 3.8) is 0 Å². The summed E-state index contributed by atoms with van der Waals surface area (Å²) < 4.78 is 1.43. The minimum Gasteiger partial charge on any atom is -0.321 e. The molecule has 5 heteroatoms. The normalized spacial score (nSPS) is 11.6. The molecule has 29 heavy (non-hydrogen) atoms. The van der Waals surface area contributed by atoms with Gasteiger partial charge in [0.1, 0.15) is 0 Å². The molecule has 0 bridgehead atoms. The van der Waals surface area contributed by atoms with Gasteiger partial charge in [-0.3, -0.25) is 9.59 Å². The molecule has 0 saturated heterocycles. The van der Waals surface area contributed by atoms with Gasteiger partial charge in [-0.1, -0.05) is 70.9 Å². The fourth-order valence-corrected chi connectivity index (χ4v) is 3.31. The fourth-order valence-electron chi connectivity index (χ4n) is 3.31. The van der Waals surface area contributed by atoms with E-state index in [1.807, 2.05) is 36.4 Å². The fraction of sp³-hybridized carbons (Fsp3) is 0.375. The lowest BCUT2D eigenvalue weighted by Crippen LogP contribution is -2.27. The van der Waals surface area contributed by atoms with E-state index in [0.29, 0.717) is 23.0 Å². The first kappa shape index (κ1) is 20.8. The van der Waals surface area contributed by atoms with Crippen LogP contribution in [-0.2, 0) is 12.0 Å². The second kappa shape index (κ2) is 8.60. The highest BCUT2D eigenvalue weighted by atomic mass is 16.2. The predicted molar refractivity (Wildman–Crippen MR) is 119 cm³/mol. The summed E-state index contributed by atoms with van der Waals surface area (Å²) in [7, 11) is 0. The van der Waals surface area contributed by atoms with Crippen molar-refractivity contribution in [2.24, 2.45) is 0 Å². The summed E-state index contributed by atoms with van der Waals surface area (Å²) in [5.41, 5.74) is 2.08. The summed E-state index contributed by atoms with van der Waals surface area (Å²) in [5.74, 6) is -0.311. The molecule has 152 valence electrons. The molecule has 0 aliphatic rings. The lowest BCUT2D eigenvalue weighted by molar-refractivity contribution is 0.102. The van der Waals surface area contributed by atoms with Crippen molar-refractivity contribution in [1.82, 2.24) is 9.78 Å². The Morgan fingerprint density at radius 2 is 1.66 bits per heavy atom. The molecule has 1 N–H and O–H groups in total. The number of carbonyl (C=O) groups excluding carboxylic acids is 1. The maximum absolute atomic E-state index is 13.0. The lowest BCUT2D eigenvalue weighted by atomic mass is 9.87.